The average Bonchev–Trinajstić information content (AvgIpc) is 3.39. The van der Waals surface area contributed by atoms with Gasteiger partial charge in [-0.25, -0.2) is 14.5 Å². The van der Waals surface area contributed by atoms with Gasteiger partial charge in [-0.05, 0) is 42.5 Å². The second kappa shape index (κ2) is 11.6. The van der Waals surface area contributed by atoms with E-state index in [4.69, 9.17) is 18.9 Å². The summed E-state index contributed by atoms with van der Waals surface area (Å²) in [4.78, 5) is 40.0. The van der Waals surface area contributed by atoms with Gasteiger partial charge in [-0.2, -0.15) is 0 Å². The quantitative estimate of drug-likeness (QED) is 0.345. The Morgan fingerprint density at radius 1 is 1.08 bits per heavy atom. The Hall–Kier alpha value is -3.59. The van der Waals surface area contributed by atoms with Gasteiger partial charge in [0.25, 0.3) is 0 Å². The number of carbonyl (C=O) groups excluding carboxylic acids is 3. The number of hydrogen-bond acceptors (Lipinski definition) is 7. The van der Waals surface area contributed by atoms with Gasteiger partial charge in [0.2, 0.25) is 12.7 Å². The van der Waals surface area contributed by atoms with Crippen molar-refractivity contribution in [3.8, 4) is 11.5 Å². The van der Waals surface area contributed by atoms with Crippen molar-refractivity contribution in [2.45, 2.75) is 65.3 Å². The second-order valence-corrected chi connectivity index (χ2v) is 9.25. The van der Waals surface area contributed by atoms with Crippen LogP contribution in [0.4, 0.5) is 4.79 Å². The number of benzene rings is 2. The van der Waals surface area contributed by atoms with Crippen LogP contribution in [0.1, 0.15) is 63.6 Å². The van der Waals surface area contributed by atoms with Crippen molar-refractivity contribution in [2.24, 2.45) is 5.41 Å². The van der Waals surface area contributed by atoms with E-state index in [1.54, 1.807) is 0 Å². The van der Waals surface area contributed by atoms with Crippen LogP contribution in [0.25, 0.3) is 0 Å². The molecular weight excluding hydrogens is 476 g/mol. The molecule has 0 unspecified atom stereocenters. The zero-order valence-electron chi connectivity index (χ0n) is 21.5. The standard InChI is InChI=1S/C28H34N2O7/c1-4-10-21(20-13-14-22-23(15-20)37-18-36-22)29-27(33)30-25(32)28(5-2,6-3)26(30)35-17-24(31)34-16-19-11-8-7-9-12-19/h7-9,11-15,21,26H,4-6,10,16-18H2,1-3H3,(H,29,33)/t21-,26+/m1/s1. The van der Waals surface area contributed by atoms with Crippen molar-refractivity contribution >= 4 is 17.9 Å². The third-order valence-electron chi connectivity index (χ3n) is 7.11. The van der Waals surface area contributed by atoms with Crippen LogP contribution in [0, 0.1) is 5.41 Å². The maximum absolute atomic E-state index is 13.4. The number of urea groups is 1. The third kappa shape index (κ3) is 5.41. The van der Waals surface area contributed by atoms with Gasteiger partial charge < -0.3 is 24.3 Å². The fourth-order valence-corrected chi connectivity index (χ4v) is 4.85. The van der Waals surface area contributed by atoms with Crippen molar-refractivity contribution in [1.29, 1.82) is 0 Å². The van der Waals surface area contributed by atoms with Crippen molar-refractivity contribution in [3.05, 3.63) is 59.7 Å². The van der Waals surface area contributed by atoms with E-state index >= 15 is 0 Å². The van der Waals surface area contributed by atoms with Crippen molar-refractivity contribution in [2.75, 3.05) is 13.4 Å². The lowest BCUT2D eigenvalue weighted by atomic mass is 9.72. The molecule has 0 bridgehead atoms. The molecule has 198 valence electrons. The van der Waals surface area contributed by atoms with E-state index < -0.39 is 23.6 Å². The molecule has 2 aliphatic heterocycles. The molecule has 0 aromatic heterocycles. The Bertz CT molecular complexity index is 1120. The number of likely N-dealkylation sites (tertiary alicyclic amines) is 1. The van der Waals surface area contributed by atoms with E-state index in [1.807, 2.05) is 69.3 Å². The Morgan fingerprint density at radius 2 is 1.81 bits per heavy atom. The van der Waals surface area contributed by atoms with Crippen LogP contribution in [0.15, 0.2) is 48.5 Å². The molecule has 9 nitrogen and oxygen atoms in total. The van der Waals surface area contributed by atoms with E-state index in [1.165, 1.54) is 0 Å². The molecule has 1 saturated heterocycles. The molecule has 2 aromatic rings. The summed E-state index contributed by atoms with van der Waals surface area (Å²) in [5, 5.41) is 2.98. The van der Waals surface area contributed by atoms with Gasteiger partial charge >= 0.3 is 12.0 Å². The average molecular weight is 511 g/mol. The molecule has 2 atom stereocenters. The molecule has 2 aromatic carbocycles. The zero-order chi connectivity index (χ0) is 26.4. The van der Waals surface area contributed by atoms with Crippen LogP contribution in [0.5, 0.6) is 11.5 Å². The number of esters is 1. The number of imide groups is 1. The Kier molecular flexibility index (Phi) is 8.33. The van der Waals surface area contributed by atoms with Crippen molar-refractivity contribution in [1.82, 2.24) is 10.2 Å². The van der Waals surface area contributed by atoms with Gasteiger partial charge in [-0.3, -0.25) is 4.79 Å². The number of rotatable bonds is 11. The summed E-state index contributed by atoms with van der Waals surface area (Å²) in [6.45, 7) is 5.71. The molecule has 37 heavy (non-hydrogen) atoms. The van der Waals surface area contributed by atoms with Crippen LogP contribution >= 0.6 is 0 Å². The molecule has 0 spiro atoms. The van der Waals surface area contributed by atoms with E-state index in [-0.39, 0.29) is 32.0 Å². The summed E-state index contributed by atoms with van der Waals surface area (Å²) in [6, 6.07) is 14.0. The maximum atomic E-state index is 13.4. The van der Waals surface area contributed by atoms with Gasteiger partial charge in [0.15, 0.2) is 17.7 Å². The largest absolute Gasteiger partial charge is 0.459 e. The summed E-state index contributed by atoms with van der Waals surface area (Å²) < 4.78 is 22.0. The Balaban J connectivity index is 1.43. The number of hydrogen-bond donors (Lipinski definition) is 1. The van der Waals surface area contributed by atoms with E-state index in [2.05, 4.69) is 5.32 Å². The summed E-state index contributed by atoms with van der Waals surface area (Å²) in [5.74, 6) is 0.415. The zero-order valence-corrected chi connectivity index (χ0v) is 21.5. The molecule has 3 amide bonds. The van der Waals surface area contributed by atoms with Crippen LogP contribution in [-0.2, 0) is 25.7 Å². The highest BCUT2D eigenvalue weighted by molar-refractivity contribution is 6.03. The first-order valence-corrected chi connectivity index (χ1v) is 12.8. The van der Waals surface area contributed by atoms with Gasteiger partial charge in [0.1, 0.15) is 13.2 Å². The number of nitrogens with one attached hydrogen (secondary N) is 1. The molecule has 1 N–H and O–H groups in total. The molecule has 2 aliphatic rings. The van der Waals surface area contributed by atoms with E-state index in [9.17, 15) is 14.4 Å². The monoisotopic (exact) mass is 510 g/mol. The summed E-state index contributed by atoms with van der Waals surface area (Å²) in [6.07, 6.45) is 1.58. The number of fused-ring (bicyclic) bond motifs is 1. The highest BCUT2D eigenvalue weighted by Gasteiger charge is 2.62. The Labute approximate surface area is 217 Å². The summed E-state index contributed by atoms with van der Waals surface area (Å²) in [7, 11) is 0. The number of carbonyl (C=O) groups is 3. The van der Waals surface area contributed by atoms with Gasteiger partial charge in [-0.15, -0.1) is 0 Å². The minimum atomic E-state index is -0.865. The molecule has 4 rings (SSSR count). The fraction of sp³-hybridized carbons (Fsp3) is 0.464. The highest BCUT2D eigenvalue weighted by Crippen LogP contribution is 2.46. The minimum Gasteiger partial charge on any atom is -0.459 e. The summed E-state index contributed by atoms with van der Waals surface area (Å²) in [5.41, 5.74) is 0.847. The predicted molar refractivity (Wildman–Crippen MR) is 135 cm³/mol. The van der Waals surface area contributed by atoms with E-state index in [0.29, 0.717) is 30.8 Å². The lowest BCUT2D eigenvalue weighted by Gasteiger charge is -2.53. The lowest BCUT2D eigenvalue weighted by Crippen LogP contribution is -2.72. The number of amides is 3. The lowest BCUT2D eigenvalue weighted by molar-refractivity contribution is -0.214. The molecule has 1 fully saturated rings. The first kappa shape index (κ1) is 26.5. The minimum absolute atomic E-state index is 0.123. The van der Waals surface area contributed by atoms with Crippen LogP contribution in [-0.4, -0.2) is 42.4 Å². The number of β-lactam (4-membered cyclic amide) rings is 1. The molecule has 2 heterocycles. The number of ether oxygens (including phenoxy) is 4. The fourth-order valence-electron chi connectivity index (χ4n) is 4.85. The van der Waals surface area contributed by atoms with Gasteiger partial charge in [-0.1, -0.05) is 63.6 Å². The van der Waals surface area contributed by atoms with Crippen molar-refractivity contribution in [3.63, 3.8) is 0 Å². The molecular formula is C28H34N2O7. The molecule has 9 heteroatoms. The first-order valence-electron chi connectivity index (χ1n) is 12.8. The smallest absolute Gasteiger partial charge is 0.332 e. The van der Waals surface area contributed by atoms with Gasteiger partial charge in [0, 0.05) is 0 Å². The van der Waals surface area contributed by atoms with Crippen LogP contribution < -0.4 is 14.8 Å². The highest BCUT2D eigenvalue weighted by atomic mass is 16.7. The van der Waals surface area contributed by atoms with E-state index in [0.717, 1.165) is 22.4 Å². The predicted octanol–water partition coefficient (Wildman–Crippen LogP) is 4.70. The SMILES string of the molecule is CCC[C@@H](NC(=O)N1C(=O)C(CC)(CC)[C@@H]1OCC(=O)OCc1ccccc1)c1ccc2c(c1)OCO2. The molecule has 0 saturated carbocycles. The topological polar surface area (TPSA) is 103 Å². The van der Waals surface area contributed by atoms with Crippen LogP contribution in [0.2, 0.25) is 0 Å². The summed E-state index contributed by atoms with van der Waals surface area (Å²) >= 11 is 0. The molecule has 0 aliphatic carbocycles. The maximum Gasteiger partial charge on any atom is 0.332 e. The normalized spacial score (nSPS) is 18.2. The van der Waals surface area contributed by atoms with Crippen LogP contribution in [0.3, 0.4) is 0 Å². The molecule has 0 radical (unpaired) electrons. The van der Waals surface area contributed by atoms with Crippen molar-refractivity contribution < 1.29 is 33.3 Å². The van der Waals surface area contributed by atoms with Gasteiger partial charge in [0.05, 0.1) is 11.5 Å². The third-order valence-corrected chi connectivity index (χ3v) is 7.11. The second-order valence-electron chi connectivity index (χ2n) is 9.25. The first-order chi connectivity index (χ1) is 17.9. The number of nitrogens with zero attached hydrogens (tertiary/aromatic N) is 1. The Morgan fingerprint density at radius 3 is 2.51 bits per heavy atom.